The number of nitrogens with one attached hydrogen (secondary N) is 1. The van der Waals surface area contributed by atoms with E-state index in [-0.39, 0.29) is 24.5 Å². The number of carbonyl (C=O) groups is 1. The predicted octanol–water partition coefficient (Wildman–Crippen LogP) is 2.88. The minimum Gasteiger partial charge on any atom is -0.448 e. The Balaban J connectivity index is 1.47. The summed E-state index contributed by atoms with van der Waals surface area (Å²) in [5, 5.41) is 12.9. The van der Waals surface area contributed by atoms with Gasteiger partial charge in [0.2, 0.25) is 0 Å². The molecule has 0 fully saturated rings. The highest BCUT2D eigenvalue weighted by atomic mass is 19.1. The lowest BCUT2D eigenvalue weighted by atomic mass is 10.2. The number of carbonyl (C=O) groups excluding carboxylic acids is 1. The molecule has 3 aromatic rings. The molecule has 2 aromatic carbocycles. The van der Waals surface area contributed by atoms with Crippen molar-refractivity contribution in [1.29, 1.82) is 0 Å². The Morgan fingerprint density at radius 1 is 1.20 bits per heavy atom. The van der Waals surface area contributed by atoms with Crippen LogP contribution in [0.3, 0.4) is 0 Å². The number of ether oxygens (including phenoxy) is 1. The second kappa shape index (κ2) is 7.92. The van der Waals surface area contributed by atoms with Crippen LogP contribution in [0, 0.1) is 5.82 Å². The van der Waals surface area contributed by atoms with Gasteiger partial charge in [-0.25, -0.2) is 4.39 Å². The molecule has 25 heavy (non-hydrogen) atoms. The SMILES string of the molecule is O=C(NC[C@H](O)COCc1ccccc1)c1cc2cccc(F)c2o1. The third-order valence-corrected chi connectivity index (χ3v) is 3.64. The fourth-order valence-electron chi connectivity index (χ4n) is 2.38. The summed E-state index contributed by atoms with van der Waals surface area (Å²) in [5.74, 6) is -1.04. The van der Waals surface area contributed by atoms with Crippen LogP contribution in [-0.4, -0.2) is 30.3 Å². The van der Waals surface area contributed by atoms with Gasteiger partial charge in [0, 0.05) is 11.9 Å². The van der Waals surface area contributed by atoms with E-state index in [1.165, 1.54) is 12.1 Å². The monoisotopic (exact) mass is 343 g/mol. The lowest BCUT2D eigenvalue weighted by Crippen LogP contribution is -2.34. The fraction of sp³-hybridized carbons (Fsp3) is 0.211. The van der Waals surface area contributed by atoms with Crippen LogP contribution in [0.5, 0.6) is 0 Å². The predicted molar refractivity (Wildman–Crippen MR) is 90.6 cm³/mol. The van der Waals surface area contributed by atoms with E-state index < -0.39 is 17.8 Å². The third kappa shape index (κ3) is 4.43. The van der Waals surface area contributed by atoms with E-state index >= 15 is 0 Å². The van der Waals surface area contributed by atoms with Gasteiger partial charge >= 0.3 is 0 Å². The van der Waals surface area contributed by atoms with Gasteiger partial charge in [-0.1, -0.05) is 42.5 Å². The van der Waals surface area contributed by atoms with Gasteiger partial charge in [0.15, 0.2) is 17.2 Å². The van der Waals surface area contributed by atoms with E-state index in [4.69, 9.17) is 9.15 Å². The van der Waals surface area contributed by atoms with Gasteiger partial charge < -0.3 is 19.6 Å². The van der Waals surface area contributed by atoms with Crippen molar-refractivity contribution in [2.75, 3.05) is 13.2 Å². The van der Waals surface area contributed by atoms with Crippen LogP contribution in [0.15, 0.2) is 59.0 Å². The zero-order valence-electron chi connectivity index (χ0n) is 13.4. The summed E-state index contributed by atoms with van der Waals surface area (Å²) in [6, 6.07) is 15.5. The number of aliphatic hydroxyl groups excluding tert-OH is 1. The topological polar surface area (TPSA) is 71.7 Å². The summed E-state index contributed by atoms with van der Waals surface area (Å²) < 4.78 is 24.2. The Morgan fingerprint density at radius 3 is 2.76 bits per heavy atom. The van der Waals surface area contributed by atoms with Gasteiger partial charge in [-0.15, -0.1) is 0 Å². The standard InChI is InChI=1S/C19H18FNO4/c20-16-8-4-7-14-9-17(25-18(14)16)19(23)21-10-15(22)12-24-11-13-5-2-1-3-6-13/h1-9,15,22H,10-12H2,(H,21,23)/t15-/m0/s1. The van der Waals surface area contributed by atoms with Crippen molar-refractivity contribution in [2.24, 2.45) is 0 Å². The second-order valence-corrected chi connectivity index (χ2v) is 5.63. The number of hydrogen-bond donors (Lipinski definition) is 2. The molecule has 0 saturated carbocycles. The largest absolute Gasteiger partial charge is 0.448 e. The average molecular weight is 343 g/mol. The number of fused-ring (bicyclic) bond motifs is 1. The number of amides is 1. The molecule has 3 rings (SSSR count). The molecule has 0 bridgehead atoms. The first-order chi connectivity index (χ1) is 12.1. The zero-order valence-corrected chi connectivity index (χ0v) is 13.4. The molecule has 1 aromatic heterocycles. The molecule has 0 unspecified atom stereocenters. The summed E-state index contributed by atoms with van der Waals surface area (Å²) in [7, 11) is 0. The summed E-state index contributed by atoms with van der Waals surface area (Å²) in [5.41, 5.74) is 1.04. The molecule has 2 N–H and O–H groups in total. The number of hydrogen-bond acceptors (Lipinski definition) is 4. The van der Waals surface area contributed by atoms with E-state index in [2.05, 4.69) is 5.32 Å². The molecule has 0 spiro atoms. The van der Waals surface area contributed by atoms with Crippen LogP contribution >= 0.6 is 0 Å². The molecule has 6 heteroatoms. The van der Waals surface area contributed by atoms with Gasteiger partial charge in [0.1, 0.15) is 0 Å². The van der Waals surface area contributed by atoms with Crippen LogP contribution in [0.2, 0.25) is 0 Å². The molecule has 0 saturated heterocycles. The summed E-state index contributed by atoms with van der Waals surface area (Å²) in [6.07, 6.45) is -0.853. The molecule has 130 valence electrons. The second-order valence-electron chi connectivity index (χ2n) is 5.63. The first-order valence-corrected chi connectivity index (χ1v) is 7.89. The van der Waals surface area contributed by atoms with Crippen molar-refractivity contribution in [3.05, 3.63) is 71.7 Å². The minimum atomic E-state index is -0.853. The van der Waals surface area contributed by atoms with E-state index in [9.17, 15) is 14.3 Å². The van der Waals surface area contributed by atoms with Crippen molar-refractivity contribution >= 4 is 16.9 Å². The van der Waals surface area contributed by atoms with Crippen molar-refractivity contribution in [3.8, 4) is 0 Å². The summed E-state index contributed by atoms with van der Waals surface area (Å²) in [4.78, 5) is 12.0. The number of benzene rings is 2. The van der Waals surface area contributed by atoms with Gasteiger partial charge in [0.25, 0.3) is 5.91 Å². The molecule has 1 amide bonds. The lowest BCUT2D eigenvalue weighted by molar-refractivity contribution is 0.0283. The Bertz CT molecular complexity index is 847. The van der Waals surface area contributed by atoms with Crippen molar-refractivity contribution < 1.29 is 23.4 Å². The van der Waals surface area contributed by atoms with Gasteiger partial charge in [-0.05, 0) is 17.7 Å². The highest BCUT2D eigenvalue weighted by Gasteiger charge is 2.15. The van der Waals surface area contributed by atoms with Gasteiger partial charge in [0.05, 0.1) is 19.3 Å². The van der Waals surface area contributed by atoms with E-state index in [1.807, 2.05) is 30.3 Å². The normalized spacial score (nSPS) is 12.2. The molecule has 0 aliphatic rings. The van der Waals surface area contributed by atoms with Crippen LogP contribution in [0.25, 0.3) is 11.0 Å². The quantitative estimate of drug-likeness (QED) is 0.692. The lowest BCUT2D eigenvalue weighted by Gasteiger charge is -2.12. The summed E-state index contributed by atoms with van der Waals surface area (Å²) >= 11 is 0. The Labute approximate surface area is 144 Å². The van der Waals surface area contributed by atoms with Crippen LogP contribution < -0.4 is 5.32 Å². The van der Waals surface area contributed by atoms with Crippen LogP contribution in [0.4, 0.5) is 4.39 Å². The molecular formula is C19H18FNO4. The fourth-order valence-corrected chi connectivity index (χ4v) is 2.38. The van der Waals surface area contributed by atoms with Crippen molar-refractivity contribution in [3.63, 3.8) is 0 Å². The van der Waals surface area contributed by atoms with E-state index in [0.29, 0.717) is 12.0 Å². The van der Waals surface area contributed by atoms with Crippen LogP contribution in [0.1, 0.15) is 16.1 Å². The maximum atomic E-state index is 13.6. The molecule has 1 atom stereocenters. The average Bonchev–Trinajstić information content (AvgIpc) is 3.06. The third-order valence-electron chi connectivity index (χ3n) is 3.64. The minimum absolute atomic E-state index is 0.00231. The maximum absolute atomic E-state index is 13.6. The van der Waals surface area contributed by atoms with E-state index in [0.717, 1.165) is 5.56 Å². The van der Waals surface area contributed by atoms with Crippen molar-refractivity contribution in [1.82, 2.24) is 5.32 Å². The Kier molecular flexibility index (Phi) is 5.42. The summed E-state index contributed by atoms with van der Waals surface area (Å²) in [6.45, 7) is 0.478. The first-order valence-electron chi connectivity index (χ1n) is 7.89. The van der Waals surface area contributed by atoms with Gasteiger partial charge in [-0.3, -0.25) is 4.79 Å². The van der Waals surface area contributed by atoms with Gasteiger partial charge in [-0.2, -0.15) is 0 Å². The van der Waals surface area contributed by atoms with E-state index in [1.54, 1.807) is 12.1 Å². The molecule has 1 heterocycles. The number of rotatable bonds is 7. The Morgan fingerprint density at radius 2 is 2.00 bits per heavy atom. The first kappa shape index (κ1) is 17.1. The highest BCUT2D eigenvalue weighted by Crippen LogP contribution is 2.21. The highest BCUT2D eigenvalue weighted by molar-refractivity contribution is 5.96. The maximum Gasteiger partial charge on any atom is 0.287 e. The number of aliphatic hydroxyl groups is 1. The number of para-hydroxylation sites is 1. The number of halogens is 1. The van der Waals surface area contributed by atoms with Crippen LogP contribution in [-0.2, 0) is 11.3 Å². The Hall–Kier alpha value is -2.70. The van der Waals surface area contributed by atoms with Crippen molar-refractivity contribution in [2.45, 2.75) is 12.7 Å². The molecular weight excluding hydrogens is 325 g/mol. The molecule has 0 aliphatic carbocycles. The molecule has 0 radical (unpaired) electrons. The smallest absolute Gasteiger partial charge is 0.287 e. The zero-order chi connectivity index (χ0) is 17.6. The molecule has 5 nitrogen and oxygen atoms in total. The number of furan rings is 1. The molecule has 0 aliphatic heterocycles.